The average Bonchev–Trinajstić information content (AvgIpc) is 2.40. The van der Waals surface area contributed by atoms with Gasteiger partial charge in [-0.25, -0.2) is 4.98 Å². The van der Waals surface area contributed by atoms with Gasteiger partial charge in [0.25, 0.3) is 5.56 Å². The summed E-state index contributed by atoms with van der Waals surface area (Å²) in [7, 11) is 0. The van der Waals surface area contributed by atoms with Crippen LogP contribution in [0.15, 0.2) is 4.79 Å². The van der Waals surface area contributed by atoms with Crippen LogP contribution in [0.25, 0.3) is 0 Å². The Kier molecular flexibility index (Phi) is 5.53. The molecule has 0 aromatic carbocycles. The molecule has 1 aliphatic heterocycles. The molecule has 0 radical (unpaired) electrons. The van der Waals surface area contributed by atoms with Crippen molar-refractivity contribution >= 4 is 0 Å². The molecule has 0 saturated carbocycles. The molecular formula is C16H28N4O. The van der Waals surface area contributed by atoms with Crippen LogP contribution in [0.3, 0.4) is 0 Å². The molecule has 1 aromatic heterocycles. The van der Waals surface area contributed by atoms with Crippen LogP contribution >= 0.6 is 0 Å². The fraction of sp³-hybridized carbons (Fsp3) is 0.750. The third-order valence-corrected chi connectivity index (χ3v) is 4.31. The molecular weight excluding hydrogens is 264 g/mol. The van der Waals surface area contributed by atoms with Crippen molar-refractivity contribution in [3.05, 3.63) is 27.4 Å². The maximum absolute atomic E-state index is 12.1. The van der Waals surface area contributed by atoms with E-state index in [0.29, 0.717) is 11.9 Å². The number of H-pyrrole nitrogens is 1. The molecule has 118 valence electrons. The maximum atomic E-state index is 12.1. The number of hydrogen-bond donors (Lipinski definition) is 2. The zero-order valence-electron chi connectivity index (χ0n) is 13.7. The van der Waals surface area contributed by atoms with Crippen LogP contribution in [0.5, 0.6) is 0 Å². The van der Waals surface area contributed by atoms with E-state index in [4.69, 9.17) is 0 Å². The largest absolute Gasteiger partial charge is 0.310 e. The van der Waals surface area contributed by atoms with E-state index < -0.39 is 0 Å². The minimum atomic E-state index is -0.0107. The van der Waals surface area contributed by atoms with Gasteiger partial charge in [-0.1, -0.05) is 6.92 Å². The van der Waals surface area contributed by atoms with Gasteiger partial charge in [0, 0.05) is 17.8 Å². The van der Waals surface area contributed by atoms with Gasteiger partial charge in [-0.2, -0.15) is 0 Å². The van der Waals surface area contributed by atoms with Crippen molar-refractivity contribution in [2.75, 3.05) is 19.6 Å². The predicted octanol–water partition coefficient (Wildman–Crippen LogP) is 1.91. The maximum Gasteiger partial charge on any atom is 0.255 e. The monoisotopic (exact) mass is 292 g/mol. The molecule has 1 aliphatic rings. The van der Waals surface area contributed by atoms with Crippen LogP contribution in [-0.2, 0) is 0 Å². The Morgan fingerprint density at radius 3 is 2.62 bits per heavy atom. The molecule has 0 bridgehead atoms. The molecule has 2 heterocycles. The van der Waals surface area contributed by atoms with Gasteiger partial charge in [0.05, 0.1) is 5.56 Å². The molecule has 21 heavy (non-hydrogen) atoms. The van der Waals surface area contributed by atoms with E-state index in [9.17, 15) is 4.79 Å². The highest BCUT2D eigenvalue weighted by molar-refractivity contribution is 5.20. The molecule has 1 fully saturated rings. The number of aryl methyl sites for hydroxylation is 2. The summed E-state index contributed by atoms with van der Waals surface area (Å²) < 4.78 is 0. The van der Waals surface area contributed by atoms with E-state index in [0.717, 1.165) is 37.2 Å². The molecule has 2 rings (SSSR count). The average molecular weight is 292 g/mol. The van der Waals surface area contributed by atoms with E-state index in [1.54, 1.807) is 0 Å². The minimum Gasteiger partial charge on any atom is -0.310 e. The molecule has 1 aromatic rings. The van der Waals surface area contributed by atoms with Crippen LogP contribution < -0.4 is 10.9 Å². The third kappa shape index (κ3) is 4.14. The third-order valence-electron chi connectivity index (χ3n) is 4.31. The normalized spacial score (nSPS) is 18.9. The summed E-state index contributed by atoms with van der Waals surface area (Å²) in [5.41, 5.74) is 1.60. The Morgan fingerprint density at radius 1 is 1.38 bits per heavy atom. The Bertz CT molecular complexity index is 517. The number of nitrogens with one attached hydrogen (secondary N) is 2. The molecule has 0 amide bonds. The van der Waals surface area contributed by atoms with E-state index in [-0.39, 0.29) is 11.6 Å². The van der Waals surface area contributed by atoms with Crippen molar-refractivity contribution in [1.82, 2.24) is 20.2 Å². The summed E-state index contributed by atoms with van der Waals surface area (Å²) >= 11 is 0. The highest BCUT2D eigenvalue weighted by Crippen LogP contribution is 2.17. The lowest BCUT2D eigenvalue weighted by Crippen LogP contribution is -2.44. The van der Waals surface area contributed by atoms with Crippen molar-refractivity contribution in [3.63, 3.8) is 0 Å². The summed E-state index contributed by atoms with van der Waals surface area (Å²) in [5, 5.41) is 3.61. The van der Waals surface area contributed by atoms with Gasteiger partial charge in [0.1, 0.15) is 5.82 Å². The second-order valence-corrected chi connectivity index (χ2v) is 6.15. The Balaban J connectivity index is 1.97. The topological polar surface area (TPSA) is 61.0 Å². The van der Waals surface area contributed by atoms with E-state index >= 15 is 0 Å². The van der Waals surface area contributed by atoms with Crippen molar-refractivity contribution < 1.29 is 0 Å². The van der Waals surface area contributed by atoms with E-state index in [2.05, 4.69) is 34.0 Å². The number of hydrogen-bond acceptors (Lipinski definition) is 4. The summed E-state index contributed by atoms with van der Waals surface area (Å²) in [6, 6.07) is 0.540. The Hall–Kier alpha value is -1.20. The zero-order valence-corrected chi connectivity index (χ0v) is 13.7. The molecule has 1 unspecified atom stereocenters. The lowest BCUT2D eigenvalue weighted by molar-refractivity contribution is 0.192. The first-order valence-electron chi connectivity index (χ1n) is 8.07. The number of nitrogens with zero attached hydrogens (tertiary/aromatic N) is 2. The first kappa shape index (κ1) is 16.2. The standard InChI is InChI=1S/C16H28N4O/c1-5-8-20-9-6-14(7-10-20)18-12(3)15-11(2)17-13(4)19-16(15)21/h12,14,18H,5-10H2,1-4H3,(H,17,19,21). The van der Waals surface area contributed by atoms with Gasteiger partial charge in [0.15, 0.2) is 0 Å². The highest BCUT2D eigenvalue weighted by atomic mass is 16.1. The van der Waals surface area contributed by atoms with Crippen LogP contribution in [0, 0.1) is 13.8 Å². The molecule has 2 N–H and O–H groups in total. The summed E-state index contributed by atoms with van der Waals surface area (Å²) in [4.78, 5) is 21.8. The van der Waals surface area contributed by atoms with Gasteiger partial charge >= 0.3 is 0 Å². The highest BCUT2D eigenvalue weighted by Gasteiger charge is 2.22. The second-order valence-electron chi connectivity index (χ2n) is 6.15. The Morgan fingerprint density at radius 2 is 2.05 bits per heavy atom. The van der Waals surface area contributed by atoms with E-state index in [1.165, 1.54) is 13.0 Å². The number of rotatable bonds is 5. The van der Waals surface area contributed by atoms with Crippen LogP contribution in [-0.4, -0.2) is 40.5 Å². The zero-order chi connectivity index (χ0) is 15.4. The fourth-order valence-corrected chi connectivity index (χ4v) is 3.32. The van der Waals surface area contributed by atoms with Gasteiger partial charge in [-0.3, -0.25) is 4.79 Å². The Labute approximate surface area is 127 Å². The molecule has 0 aliphatic carbocycles. The number of aromatic amines is 1. The quantitative estimate of drug-likeness (QED) is 0.870. The lowest BCUT2D eigenvalue weighted by atomic mass is 10.0. The summed E-state index contributed by atoms with van der Waals surface area (Å²) in [6.07, 6.45) is 3.53. The number of piperidine rings is 1. The summed E-state index contributed by atoms with van der Waals surface area (Å²) in [6.45, 7) is 11.5. The van der Waals surface area contributed by atoms with Crippen LogP contribution in [0.4, 0.5) is 0 Å². The first-order valence-corrected chi connectivity index (χ1v) is 8.07. The summed E-state index contributed by atoms with van der Waals surface area (Å²) in [5.74, 6) is 0.682. The SMILES string of the molecule is CCCN1CCC(NC(C)c2c(C)nc(C)[nH]c2=O)CC1. The van der Waals surface area contributed by atoms with Crippen molar-refractivity contribution in [2.24, 2.45) is 0 Å². The first-order chi connectivity index (χ1) is 10.0. The fourth-order valence-electron chi connectivity index (χ4n) is 3.32. The molecule has 1 saturated heterocycles. The molecule has 5 nitrogen and oxygen atoms in total. The van der Waals surface area contributed by atoms with Crippen molar-refractivity contribution in [1.29, 1.82) is 0 Å². The predicted molar refractivity (Wildman–Crippen MR) is 85.6 cm³/mol. The molecule has 5 heteroatoms. The van der Waals surface area contributed by atoms with Gasteiger partial charge < -0.3 is 15.2 Å². The van der Waals surface area contributed by atoms with Gasteiger partial charge in [-0.15, -0.1) is 0 Å². The van der Waals surface area contributed by atoms with Crippen LogP contribution in [0.2, 0.25) is 0 Å². The number of likely N-dealkylation sites (tertiary alicyclic amines) is 1. The minimum absolute atomic E-state index is 0.0107. The molecule has 1 atom stereocenters. The second kappa shape index (κ2) is 7.18. The number of aromatic nitrogens is 2. The van der Waals surface area contributed by atoms with Crippen molar-refractivity contribution in [2.45, 2.75) is 59.0 Å². The van der Waals surface area contributed by atoms with Gasteiger partial charge in [0.2, 0.25) is 0 Å². The lowest BCUT2D eigenvalue weighted by Gasteiger charge is -2.33. The van der Waals surface area contributed by atoms with Crippen LogP contribution in [0.1, 0.15) is 56.2 Å². The van der Waals surface area contributed by atoms with Crippen molar-refractivity contribution in [3.8, 4) is 0 Å². The van der Waals surface area contributed by atoms with E-state index in [1.807, 2.05) is 13.8 Å². The molecule has 0 spiro atoms. The smallest absolute Gasteiger partial charge is 0.255 e. The van der Waals surface area contributed by atoms with Gasteiger partial charge in [-0.05, 0) is 59.7 Å².